The zero-order valence-corrected chi connectivity index (χ0v) is 10.2. The van der Waals surface area contributed by atoms with Crippen LogP contribution in [-0.4, -0.2) is 17.8 Å². The second-order valence-corrected chi connectivity index (χ2v) is 4.24. The Balaban J connectivity index is 2.26. The minimum Gasteiger partial charge on any atom is -0.394 e. The molecule has 16 heavy (non-hydrogen) atoms. The number of nitrogens with one attached hydrogen (secondary N) is 1. The van der Waals surface area contributed by atoms with Crippen LogP contribution in [0.25, 0.3) is 0 Å². The van der Waals surface area contributed by atoms with Crippen molar-refractivity contribution in [1.82, 2.24) is 0 Å². The third kappa shape index (κ3) is 5.17. The van der Waals surface area contributed by atoms with Gasteiger partial charge in [0.25, 0.3) is 0 Å². The van der Waals surface area contributed by atoms with Crippen molar-refractivity contribution >= 4 is 5.69 Å². The van der Waals surface area contributed by atoms with E-state index < -0.39 is 0 Å². The van der Waals surface area contributed by atoms with E-state index in [0.29, 0.717) is 0 Å². The van der Waals surface area contributed by atoms with Gasteiger partial charge in [-0.3, -0.25) is 0 Å². The molecule has 0 aliphatic rings. The lowest BCUT2D eigenvalue weighted by atomic mass is 10.1. The number of rotatable bonds is 8. The lowest BCUT2D eigenvalue weighted by molar-refractivity contribution is 0.266. The largest absolute Gasteiger partial charge is 0.394 e. The smallest absolute Gasteiger partial charge is 0.0632 e. The van der Waals surface area contributed by atoms with E-state index in [4.69, 9.17) is 0 Å². The molecule has 0 saturated carbocycles. The minimum absolute atomic E-state index is 0.194. The summed E-state index contributed by atoms with van der Waals surface area (Å²) in [4.78, 5) is 0. The van der Waals surface area contributed by atoms with Gasteiger partial charge in [0.1, 0.15) is 0 Å². The van der Waals surface area contributed by atoms with Crippen molar-refractivity contribution in [3.8, 4) is 0 Å². The Kier molecular flexibility index (Phi) is 6.66. The molecule has 0 aliphatic carbocycles. The summed E-state index contributed by atoms with van der Waals surface area (Å²) in [7, 11) is 0. The predicted molar refractivity (Wildman–Crippen MR) is 69.7 cm³/mol. The van der Waals surface area contributed by atoms with Crippen molar-refractivity contribution in [2.45, 2.75) is 45.1 Å². The molecule has 2 nitrogen and oxygen atoms in total. The molecule has 0 heterocycles. The standard InChI is InChI=1S/C14H23NO/c1-2-3-4-6-11-14(12-16)15-13-9-7-5-8-10-13/h5,7-10,14-16H,2-4,6,11-12H2,1H3/t14-/m0/s1. The van der Waals surface area contributed by atoms with Crippen LogP contribution in [0, 0.1) is 0 Å². The first-order valence-electron chi connectivity index (χ1n) is 6.29. The molecule has 0 radical (unpaired) electrons. The lowest BCUT2D eigenvalue weighted by Crippen LogP contribution is -2.23. The summed E-state index contributed by atoms with van der Waals surface area (Å²) in [6, 6.07) is 10.3. The first kappa shape index (κ1) is 13.0. The topological polar surface area (TPSA) is 32.3 Å². The maximum Gasteiger partial charge on any atom is 0.0632 e. The molecule has 1 aromatic rings. The highest BCUT2D eigenvalue weighted by atomic mass is 16.3. The lowest BCUT2D eigenvalue weighted by Gasteiger charge is -2.17. The van der Waals surface area contributed by atoms with Gasteiger partial charge in [-0.15, -0.1) is 0 Å². The molecule has 2 N–H and O–H groups in total. The van der Waals surface area contributed by atoms with Crippen molar-refractivity contribution in [3.63, 3.8) is 0 Å². The molecule has 0 unspecified atom stereocenters. The molecule has 0 aliphatic heterocycles. The molecule has 0 bridgehead atoms. The van der Waals surface area contributed by atoms with Crippen LogP contribution in [0.2, 0.25) is 0 Å². The molecule has 0 amide bonds. The molecule has 0 spiro atoms. The molecule has 0 saturated heterocycles. The van der Waals surface area contributed by atoms with E-state index in [2.05, 4.69) is 12.2 Å². The molecule has 90 valence electrons. The van der Waals surface area contributed by atoms with Crippen LogP contribution in [0.1, 0.15) is 39.0 Å². The van der Waals surface area contributed by atoms with Crippen LogP contribution < -0.4 is 5.32 Å². The van der Waals surface area contributed by atoms with Gasteiger partial charge in [0.15, 0.2) is 0 Å². The van der Waals surface area contributed by atoms with Crippen molar-refractivity contribution in [3.05, 3.63) is 30.3 Å². The maximum atomic E-state index is 9.28. The Morgan fingerprint density at radius 2 is 1.88 bits per heavy atom. The Bertz CT molecular complexity index is 261. The number of hydrogen-bond donors (Lipinski definition) is 2. The summed E-state index contributed by atoms with van der Waals surface area (Å²) in [6.07, 6.45) is 6.06. The molecule has 1 rings (SSSR count). The van der Waals surface area contributed by atoms with Crippen LogP contribution in [0.3, 0.4) is 0 Å². The third-order valence-electron chi connectivity index (χ3n) is 2.77. The van der Waals surface area contributed by atoms with Crippen molar-refractivity contribution in [2.75, 3.05) is 11.9 Å². The SMILES string of the molecule is CCCCCC[C@@H](CO)Nc1ccccc1. The first-order chi connectivity index (χ1) is 7.86. The van der Waals surface area contributed by atoms with Gasteiger partial charge in [-0.1, -0.05) is 50.8 Å². The van der Waals surface area contributed by atoms with Crippen LogP contribution >= 0.6 is 0 Å². The number of anilines is 1. The molecule has 1 aromatic carbocycles. The van der Waals surface area contributed by atoms with Crippen LogP contribution in [0.4, 0.5) is 5.69 Å². The van der Waals surface area contributed by atoms with Crippen LogP contribution in [0.5, 0.6) is 0 Å². The molecular formula is C14H23NO. The maximum absolute atomic E-state index is 9.28. The average Bonchev–Trinajstić information content (AvgIpc) is 2.34. The van der Waals surface area contributed by atoms with E-state index in [1.165, 1.54) is 25.7 Å². The van der Waals surface area contributed by atoms with Gasteiger partial charge in [0, 0.05) is 11.7 Å². The molecular weight excluding hydrogens is 198 g/mol. The van der Waals surface area contributed by atoms with Gasteiger partial charge in [0.2, 0.25) is 0 Å². The van der Waals surface area contributed by atoms with Crippen LogP contribution in [-0.2, 0) is 0 Å². The normalized spacial score (nSPS) is 12.4. The van der Waals surface area contributed by atoms with Gasteiger partial charge in [0.05, 0.1) is 6.61 Å². The number of hydrogen-bond acceptors (Lipinski definition) is 2. The Labute approximate surface area is 98.7 Å². The molecule has 2 heteroatoms. The number of aliphatic hydroxyl groups is 1. The predicted octanol–water partition coefficient (Wildman–Crippen LogP) is 3.43. The minimum atomic E-state index is 0.194. The van der Waals surface area contributed by atoms with Gasteiger partial charge >= 0.3 is 0 Å². The fourth-order valence-corrected chi connectivity index (χ4v) is 1.80. The Morgan fingerprint density at radius 3 is 2.50 bits per heavy atom. The van der Waals surface area contributed by atoms with E-state index in [1.54, 1.807) is 0 Å². The van der Waals surface area contributed by atoms with E-state index in [-0.39, 0.29) is 12.6 Å². The van der Waals surface area contributed by atoms with Crippen molar-refractivity contribution < 1.29 is 5.11 Å². The van der Waals surface area contributed by atoms with Crippen LogP contribution in [0.15, 0.2) is 30.3 Å². The summed E-state index contributed by atoms with van der Waals surface area (Å²) in [5.41, 5.74) is 1.09. The highest BCUT2D eigenvalue weighted by Crippen LogP contribution is 2.11. The number of para-hydroxylation sites is 1. The summed E-state index contributed by atoms with van der Waals surface area (Å²) in [5, 5.41) is 12.6. The molecule has 0 fully saturated rings. The Hall–Kier alpha value is -1.02. The summed E-state index contributed by atoms with van der Waals surface area (Å²) in [5.74, 6) is 0. The fourth-order valence-electron chi connectivity index (χ4n) is 1.80. The molecule has 0 aromatic heterocycles. The average molecular weight is 221 g/mol. The van der Waals surface area contributed by atoms with Crippen molar-refractivity contribution in [1.29, 1.82) is 0 Å². The van der Waals surface area contributed by atoms with Gasteiger partial charge < -0.3 is 10.4 Å². The van der Waals surface area contributed by atoms with Gasteiger partial charge in [-0.25, -0.2) is 0 Å². The van der Waals surface area contributed by atoms with E-state index in [9.17, 15) is 5.11 Å². The fraction of sp³-hybridized carbons (Fsp3) is 0.571. The molecule has 1 atom stereocenters. The van der Waals surface area contributed by atoms with E-state index in [0.717, 1.165) is 12.1 Å². The Morgan fingerprint density at radius 1 is 1.12 bits per heavy atom. The first-order valence-corrected chi connectivity index (χ1v) is 6.29. The summed E-state index contributed by atoms with van der Waals surface area (Å²) >= 11 is 0. The zero-order valence-electron chi connectivity index (χ0n) is 10.2. The van der Waals surface area contributed by atoms with Crippen molar-refractivity contribution in [2.24, 2.45) is 0 Å². The van der Waals surface area contributed by atoms with Gasteiger partial charge in [-0.2, -0.15) is 0 Å². The third-order valence-corrected chi connectivity index (χ3v) is 2.77. The summed E-state index contributed by atoms with van der Waals surface area (Å²) in [6.45, 7) is 2.42. The van der Waals surface area contributed by atoms with E-state index in [1.807, 2.05) is 30.3 Å². The second-order valence-electron chi connectivity index (χ2n) is 4.24. The monoisotopic (exact) mass is 221 g/mol. The van der Waals surface area contributed by atoms with Gasteiger partial charge in [-0.05, 0) is 18.6 Å². The highest BCUT2D eigenvalue weighted by Gasteiger charge is 2.05. The van der Waals surface area contributed by atoms with E-state index >= 15 is 0 Å². The highest BCUT2D eigenvalue weighted by molar-refractivity contribution is 5.43. The number of aliphatic hydroxyl groups excluding tert-OH is 1. The second kappa shape index (κ2) is 8.17. The number of unbranched alkanes of at least 4 members (excludes halogenated alkanes) is 3. The summed E-state index contributed by atoms with van der Waals surface area (Å²) < 4.78 is 0. The number of benzene rings is 1. The quantitative estimate of drug-likeness (QED) is 0.659. The zero-order chi connectivity index (χ0) is 11.6.